The van der Waals surface area contributed by atoms with Gasteiger partial charge in [-0.3, -0.25) is 9.59 Å². The van der Waals surface area contributed by atoms with Crippen LogP contribution in [0.2, 0.25) is 0 Å². The molecule has 0 aliphatic heterocycles. The van der Waals surface area contributed by atoms with Gasteiger partial charge in [0.05, 0.1) is 11.3 Å². The predicted octanol–water partition coefficient (Wildman–Crippen LogP) is 2.37. The first-order valence-corrected chi connectivity index (χ1v) is 6.10. The maximum Gasteiger partial charge on any atom is 0.253 e. The van der Waals surface area contributed by atoms with E-state index in [4.69, 9.17) is 0 Å². The maximum absolute atomic E-state index is 12.1. The predicted molar refractivity (Wildman–Crippen MR) is 73.3 cm³/mol. The summed E-state index contributed by atoms with van der Waals surface area (Å²) in [7, 11) is 0. The molecule has 1 aromatic heterocycles. The van der Waals surface area contributed by atoms with Gasteiger partial charge in [-0.15, -0.1) is 0 Å². The lowest BCUT2D eigenvalue weighted by Gasteiger charge is -2.06. The monoisotopic (exact) mass is 256 g/mol. The molecular formula is C15H16N2O2. The van der Waals surface area contributed by atoms with Gasteiger partial charge in [-0.05, 0) is 25.0 Å². The summed E-state index contributed by atoms with van der Waals surface area (Å²) < 4.78 is 0. The largest absolute Gasteiger partial charge is 0.356 e. The molecule has 0 spiro atoms. The van der Waals surface area contributed by atoms with E-state index in [1.54, 1.807) is 13.8 Å². The zero-order valence-corrected chi connectivity index (χ0v) is 11.0. The highest BCUT2D eigenvalue weighted by molar-refractivity contribution is 5.99. The van der Waals surface area contributed by atoms with Crippen molar-refractivity contribution in [2.24, 2.45) is 0 Å². The van der Waals surface area contributed by atoms with E-state index < -0.39 is 0 Å². The number of aromatic nitrogens is 1. The normalized spacial score (nSPS) is 10.2. The lowest BCUT2D eigenvalue weighted by Crippen LogP contribution is -2.23. The number of aryl methyl sites for hydroxylation is 1. The number of aromatic amines is 1. The van der Waals surface area contributed by atoms with Crippen LogP contribution in [0.5, 0.6) is 0 Å². The molecule has 98 valence electrons. The highest BCUT2D eigenvalue weighted by Gasteiger charge is 2.17. The minimum absolute atomic E-state index is 0.164. The molecule has 2 aromatic rings. The van der Waals surface area contributed by atoms with Crippen LogP contribution in [-0.2, 0) is 6.54 Å². The number of hydrogen-bond acceptors (Lipinski definition) is 2. The molecule has 19 heavy (non-hydrogen) atoms. The maximum atomic E-state index is 12.1. The third kappa shape index (κ3) is 2.73. The Morgan fingerprint density at radius 3 is 2.53 bits per heavy atom. The molecule has 2 rings (SSSR count). The minimum Gasteiger partial charge on any atom is -0.356 e. The molecule has 0 atom stereocenters. The van der Waals surface area contributed by atoms with Crippen molar-refractivity contribution in [2.45, 2.75) is 20.4 Å². The topological polar surface area (TPSA) is 62.0 Å². The summed E-state index contributed by atoms with van der Waals surface area (Å²) in [5.41, 5.74) is 3.46. The zero-order chi connectivity index (χ0) is 13.8. The molecular weight excluding hydrogens is 240 g/mol. The van der Waals surface area contributed by atoms with Gasteiger partial charge in [-0.1, -0.05) is 30.3 Å². The number of H-pyrrole nitrogens is 1. The molecule has 0 saturated carbocycles. The molecule has 1 aromatic carbocycles. The van der Waals surface area contributed by atoms with Crippen LogP contribution >= 0.6 is 0 Å². The fourth-order valence-electron chi connectivity index (χ4n) is 2.10. The van der Waals surface area contributed by atoms with Gasteiger partial charge in [-0.2, -0.15) is 0 Å². The molecule has 2 N–H and O–H groups in total. The van der Waals surface area contributed by atoms with Crippen LogP contribution in [-0.4, -0.2) is 17.2 Å². The summed E-state index contributed by atoms with van der Waals surface area (Å²) in [5.74, 6) is -0.164. The first-order chi connectivity index (χ1) is 9.13. The van der Waals surface area contributed by atoms with Crippen LogP contribution in [0.15, 0.2) is 30.3 Å². The highest BCUT2D eigenvalue weighted by atomic mass is 16.1. The molecule has 4 nitrogen and oxygen atoms in total. The Balaban J connectivity index is 2.12. The van der Waals surface area contributed by atoms with Gasteiger partial charge in [0.2, 0.25) is 0 Å². The number of carbonyl (C=O) groups is 2. The number of aldehydes is 1. The number of nitrogens with one attached hydrogen (secondary N) is 2. The third-order valence-electron chi connectivity index (χ3n) is 3.12. The summed E-state index contributed by atoms with van der Waals surface area (Å²) in [5, 5.41) is 2.86. The summed E-state index contributed by atoms with van der Waals surface area (Å²) in [4.78, 5) is 25.9. The molecule has 0 unspecified atom stereocenters. The van der Waals surface area contributed by atoms with E-state index in [1.165, 1.54) is 0 Å². The van der Waals surface area contributed by atoms with Crippen LogP contribution in [0, 0.1) is 13.8 Å². The zero-order valence-electron chi connectivity index (χ0n) is 11.0. The van der Waals surface area contributed by atoms with E-state index in [9.17, 15) is 9.59 Å². The summed E-state index contributed by atoms with van der Waals surface area (Å²) in [6.07, 6.45) is 0.732. The first-order valence-electron chi connectivity index (χ1n) is 6.10. The molecule has 0 bridgehead atoms. The third-order valence-corrected chi connectivity index (χ3v) is 3.12. The van der Waals surface area contributed by atoms with Gasteiger partial charge >= 0.3 is 0 Å². The summed E-state index contributed by atoms with van der Waals surface area (Å²) in [6, 6.07) is 9.70. The average molecular weight is 256 g/mol. The van der Waals surface area contributed by atoms with Gasteiger partial charge in [-0.25, -0.2) is 0 Å². The van der Waals surface area contributed by atoms with Crippen molar-refractivity contribution in [3.8, 4) is 0 Å². The van der Waals surface area contributed by atoms with E-state index in [0.29, 0.717) is 29.1 Å². The van der Waals surface area contributed by atoms with Gasteiger partial charge in [0.25, 0.3) is 5.91 Å². The highest BCUT2D eigenvalue weighted by Crippen LogP contribution is 2.16. The van der Waals surface area contributed by atoms with E-state index in [0.717, 1.165) is 11.8 Å². The van der Waals surface area contributed by atoms with Crippen LogP contribution in [0.3, 0.4) is 0 Å². The fraction of sp³-hybridized carbons (Fsp3) is 0.200. The Bertz CT molecular complexity index is 600. The average Bonchev–Trinajstić information content (AvgIpc) is 2.72. The quantitative estimate of drug-likeness (QED) is 0.825. The number of hydrogen-bond donors (Lipinski definition) is 2. The van der Waals surface area contributed by atoms with Crippen molar-refractivity contribution in [3.63, 3.8) is 0 Å². The fourth-order valence-corrected chi connectivity index (χ4v) is 2.10. The number of benzene rings is 1. The van der Waals surface area contributed by atoms with Gasteiger partial charge in [0.15, 0.2) is 6.29 Å². The number of amides is 1. The lowest BCUT2D eigenvalue weighted by molar-refractivity contribution is 0.0950. The van der Waals surface area contributed by atoms with Crippen molar-refractivity contribution in [1.29, 1.82) is 0 Å². The molecule has 0 aliphatic carbocycles. The van der Waals surface area contributed by atoms with Crippen molar-refractivity contribution < 1.29 is 9.59 Å². The Labute approximate surface area is 111 Å². The smallest absolute Gasteiger partial charge is 0.253 e. The van der Waals surface area contributed by atoms with Crippen molar-refractivity contribution in [1.82, 2.24) is 10.3 Å². The molecule has 0 aliphatic rings. The molecule has 4 heteroatoms. The standard InChI is InChI=1S/C15H16N2O2/c1-10-13(9-18)17-11(2)14(10)15(19)16-8-12-6-4-3-5-7-12/h3-7,9,17H,8H2,1-2H3,(H,16,19). The number of rotatable bonds is 4. The first kappa shape index (κ1) is 13.1. The second-order valence-electron chi connectivity index (χ2n) is 4.45. The molecule has 1 amide bonds. The Morgan fingerprint density at radius 2 is 1.95 bits per heavy atom. The Morgan fingerprint density at radius 1 is 1.26 bits per heavy atom. The molecule has 0 saturated heterocycles. The van der Waals surface area contributed by atoms with Crippen LogP contribution < -0.4 is 5.32 Å². The van der Waals surface area contributed by atoms with Crippen LogP contribution in [0.4, 0.5) is 0 Å². The SMILES string of the molecule is Cc1[nH]c(C=O)c(C)c1C(=O)NCc1ccccc1. The van der Waals surface area contributed by atoms with Gasteiger partial charge in [0.1, 0.15) is 0 Å². The molecule has 1 heterocycles. The van der Waals surface area contributed by atoms with E-state index in [1.807, 2.05) is 30.3 Å². The number of carbonyl (C=O) groups excluding carboxylic acids is 2. The second kappa shape index (κ2) is 5.52. The minimum atomic E-state index is -0.164. The van der Waals surface area contributed by atoms with Crippen molar-refractivity contribution in [2.75, 3.05) is 0 Å². The van der Waals surface area contributed by atoms with Crippen LogP contribution in [0.25, 0.3) is 0 Å². The lowest BCUT2D eigenvalue weighted by atomic mass is 10.1. The van der Waals surface area contributed by atoms with E-state index in [2.05, 4.69) is 10.3 Å². The van der Waals surface area contributed by atoms with Gasteiger partial charge < -0.3 is 10.3 Å². The van der Waals surface area contributed by atoms with Crippen molar-refractivity contribution >= 4 is 12.2 Å². The van der Waals surface area contributed by atoms with Crippen molar-refractivity contribution in [3.05, 3.63) is 58.4 Å². The van der Waals surface area contributed by atoms with E-state index in [-0.39, 0.29) is 5.91 Å². The Hall–Kier alpha value is -2.36. The molecule has 0 fully saturated rings. The van der Waals surface area contributed by atoms with Crippen LogP contribution in [0.1, 0.15) is 37.7 Å². The van der Waals surface area contributed by atoms with E-state index >= 15 is 0 Å². The summed E-state index contributed by atoms with van der Waals surface area (Å²) in [6.45, 7) is 4.03. The second-order valence-corrected chi connectivity index (χ2v) is 4.45. The summed E-state index contributed by atoms with van der Waals surface area (Å²) >= 11 is 0. The molecule has 0 radical (unpaired) electrons. The Kier molecular flexibility index (Phi) is 3.80. The van der Waals surface area contributed by atoms with Gasteiger partial charge in [0, 0.05) is 12.2 Å².